The predicted molar refractivity (Wildman–Crippen MR) is 50.8 cm³/mol. The van der Waals surface area contributed by atoms with Crippen LogP contribution in [0.25, 0.3) is 6.05 Å². The fourth-order valence-electron chi connectivity index (χ4n) is 0.790. The zero-order valence-corrected chi connectivity index (χ0v) is 6.96. The highest BCUT2D eigenvalue weighted by Gasteiger charge is 1.99. The topological polar surface area (TPSA) is 49.7 Å². The lowest BCUT2D eigenvalue weighted by atomic mass is 10.2. The maximum absolute atomic E-state index is 9.40. The van der Waals surface area contributed by atoms with E-state index in [-0.39, 0.29) is 23.1 Å². The van der Waals surface area contributed by atoms with E-state index in [0.717, 1.165) is 0 Å². The molecule has 0 aliphatic carbocycles. The van der Waals surface area contributed by atoms with Crippen LogP contribution in [0.4, 0.5) is 0 Å². The molecule has 3 nitrogen and oxygen atoms in total. The molecule has 0 saturated heterocycles. The summed E-state index contributed by atoms with van der Waals surface area (Å²) in [5.41, 5.74) is -0.118. The van der Waals surface area contributed by atoms with Gasteiger partial charge in [0.2, 0.25) is 0 Å². The highest BCUT2D eigenvalue weighted by molar-refractivity contribution is 5.55. The van der Waals surface area contributed by atoms with Crippen molar-refractivity contribution in [2.45, 2.75) is 0 Å². The Morgan fingerprint density at radius 2 is 2.54 bits per heavy atom. The summed E-state index contributed by atoms with van der Waals surface area (Å²) in [6.45, 7) is -2.96. The Balaban J connectivity index is 3.44. The first-order chi connectivity index (χ1) is 8.20. The number of hydrogen-bond acceptors (Lipinski definition) is 3. The number of aliphatic hydroxyl groups is 1. The summed E-state index contributed by atoms with van der Waals surface area (Å²) >= 11 is 0. The molecule has 3 heteroatoms. The van der Waals surface area contributed by atoms with Gasteiger partial charge in [-0.3, -0.25) is 0 Å². The molecule has 0 aliphatic heterocycles. The van der Waals surface area contributed by atoms with Gasteiger partial charge in [0.15, 0.2) is 11.5 Å². The Morgan fingerprint density at radius 1 is 1.77 bits per heavy atom. The minimum atomic E-state index is -2.96. The number of phenols is 1. The van der Waals surface area contributed by atoms with Crippen LogP contribution in [0.5, 0.6) is 11.5 Å². The maximum Gasteiger partial charge on any atom is 0.161 e. The van der Waals surface area contributed by atoms with E-state index in [2.05, 4.69) is 0 Å². The summed E-state index contributed by atoms with van der Waals surface area (Å²) in [4.78, 5) is 0. The zero-order chi connectivity index (χ0) is 14.1. The van der Waals surface area contributed by atoms with Crippen LogP contribution in [0.1, 0.15) is 12.4 Å². The predicted octanol–water partition coefficient (Wildman–Crippen LogP) is 1.41. The van der Waals surface area contributed by atoms with E-state index in [4.69, 9.17) is 16.7 Å². The monoisotopic (exact) mass is 185 g/mol. The Kier molecular flexibility index (Phi) is 1.63. The van der Waals surface area contributed by atoms with Gasteiger partial charge in [-0.05, 0) is 17.7 Å². The quantitative estimate of drug-likeness (QED) is 0.748. The Bertz CT molecular complexity index is 493. The Labute approximate surface area is 83.9 Å². The van der Waals surface area contributed by atoms with Gasteiger partial charge in [-0.2, -0.15) is 0 Å². The molecule has 1 aromatic rings. The van der Waals surface area contributed by atoms with E-state index in [1.165, 1.54) is 19.2 Å². The summed E-state index contributed by atoms with van der Waals surface area (Å²) < 4.78 is 41.3. The maximum atomic E-state index is 9.40. The van der Waals surface area contributed by atoms with Gasteiger partial charge in [0.25, 0.3) is 0 Å². The molecule has 13 heavy (non-hydrogen) atoms. The summed E-state index contributed by atoms with van der Waals surface area (Å²) in [6, 6.07) is 0.384. The molecular formula is C10H12O3. The van der Waals surface area contributed by atoms with Crippen LogP contribution in [-0.4, -0.2) is 23.9 Å². The van der Waals surface area contributed by atoms with Crippen molar-refractivity contribution < 1.29 is 21.8 Å². The summed E-state index contributed by atoms with van der Waals surface area (Å²) in [5, 5.41) is 18.4. The van der Waals surface area contributed by atoms with Crippen LogP contribution in [0, 0.1) is 0 Å². The first kappa shape index (κ1) is 4.67. The molecule has 0 spiro atoms. The van der Waals surface area contributed by atoms with Crippen molar-refractivity contribution in [3.05, 3.63) is 29.8 Å². The first-order valence-electron chi connectivity index (χ1n) is 5.97. The molecular weight excluding hydrogens is 168 g/mol. The minimum Gasteiger partial charge on any atom is -0.504 e. The SMILES string of the molecule is [2H]/C(=C(/[2H])C([2H])([2H])O)c1ccc(O)c(OC)c1[2H]. The molecule has 0 heterocycles. The van der Waals surface area contributed by atoms with Gasteiger partial charge in [0.1, 0.15) is 0 Å². The molecule has 2 N–H and O–H groups in total. The molecule has 0 saturated carbocycles. The molecule has 0 atom stereocenters. The molecule has 0 fully saturated rings. The second-order valence-corrected chi connectivity index (χ2v) is 2.15. The van der Waals surface area contributed by atoms with Crippen molar-refractivity contribution in [1.82, 2.24) is 0 Å². The summed E-state index contributed by atoms with van der Waals surface area (Å²) in [6.07, 6.45) is 0. The van der Waals surface area contributed by atoms with Gasteiger partial charge in [0, 0.05) is 0 Å². The van der Waals surface area contributed by atoms with Crippen molar-refractivity contribution in [2.75, 3.05) is 13.7 Å². The molecule has 0 radical (unpaired) electrons. The number of rotatable bonds is 3. The van der Waals surface area contributed by atoms with Crippen molar-refractivity contribution in [3.8, 4) is 11.5 Å². The van der Waals surface area contributed by atoms with Crippen molar-refractivity contribution in [1.29, 1.82) is 0 Å². The van der Waals surface area contributed by atoms with E-state index in [1.54, 1.807) is 0 Å². The van der Waals surface area contributed by atoms with E-state index in [0.29, 0.717) is 0 Å². The van der Waals surface area contributed by atoms with E-state index in [9.17, 15) is 5.11 Å². The average Bonchev–Trinajstić information content (AvgIpc) is 2.26. The molecule has 0 aliphatic rings. The van der Waals surface area contributed by atoms with Crippen LogP contribution < -0.4 is 4.74 Å². The molecule has 0 bridgehead atoms. The lowest BCUT2D eigenvalue weighted by Crippen LogP contribution is -1.84. The third-order valence-corrected chi connectivity index (χ3v) is 1.35. The van der Waals surface area contributed by atoms with Crippen molar-refractivity contribution in [3.63, 3.8) is 0 Å². The fourth-order valence-corrected chi connectivity index (χ4v) is 0.790. The second-order valence-electron chi connectivity index (χ2n) is 2.15. The number of aromatic hydroxyl groups is 1. The number of benzene rings is 1. The van der Waals surface area contributed by atoms with Crippen molar-refractivity contribution in [2.24, 2.45) is 0 Å². The van der Waals surface area contributed by atoms with Crippen molar-refractivity contribution >= 4 is 6.05 Å². The molecule has 0 aromatic heterocycles. The fraction of sp³-hybridized carbons (Fsp3) is 0.200. The van der Waals surface area contributed by atoms with Gasteiger partial charge < -0.3 is 14.9 Å². The lowest BCUT2D eigenvalue weighted by Gasteiger charge is -2.03. The summed E-state index contributed by atoms with van der Waals surface area (Å²) in [5.74, 6) is -0.471. The smallest absolute Gasteiger partial charge is 0.161 e. The third-order valence-electron chi connectivity index (χ3n) is 1.35. The number of methoxy groups -OCH3 is 1. The highest BCUT2D eigenvalue weighted by Crippen LogP contribution is 2.26. The van der Waals surface area contributed by atoms with Crippen LogP contribution in [0.15, 0.2) is 24.2 Å². The Morgan fingerprint density at radius 3 is 3.15 bits per heavy atom. The van der Waals surface area contributed by atoms with Gasteiger partial charge in [0.05, 0.1) is 20.5 Å². The van der Waals surface area contributed by atoms with Gasteiger partial charge in [-0.15, -0.1) is 0 Å². The first-order valence-corrected chi connectivity index (χ1v) is 3.47. The van der Waals surface area contributed by atoms with E-state index < -0.39 is 18.7 Å². The van der Waals surface area contributed by atoms with Crippen LogP contribution >= 0.6 is 0 Å². The minimum absolute atomic E-state index is 0.118. The Hall–Kier alpha value is -1.48. The normalized spacial score (nSPS) is 18.8. The third kappa shape index (κ3) is 2.49. The van der Waals surface area contributed by atoms with Gasteiger partial charge in [-0.1, -0.05) is 18.2 Å². The molecule has 1 rings (SSSR count). The highest BCUT2D eigenvalue weighted by atomic mass is 16.5. The van der Waals surface area contributed by atoms with Crippen LogP contribution in [0.2, 0.25) is 0 Å². The van der Waals surface area contributed by atoms with E-state index in [1.807, 2.05) is 0 Å². The molecule has 0 unspecified atom stereocenters. The lowest BCUT2D eigenvalue weighted by molar-refractivity contribution is 0.343. The number of hydrogen-bond donors (Lipinski definition) is 2. The number of phenolic OH excluding ortho intramolecular Hbond substituents is 1. The molecule has 1 aromatic carbocycles. The van der Waals surface area contributed by atoms with Crippen LogP contribution in [0.3, 0.4) is 0 Å². The van der Waals surface area contributed by atoms with Gasteiger partial charge in [-0.25, -0.2) is 0 Å². The van der Waals surface area contributed by atoms with Gasteiger partial charge >= 0.3 is 0 Å². The molecule has 0 amide bonds. The average molecular weight is 185 g/mol. The number of ether oxygens (including phenoxy) is 1. The zero-order valence-electron chi connectivity index (χ0n) is 12.0. The summed E-state index contributed by atoms with van der Waals surface area (Å²) in [7, 11) is 1.23. The standard InChI is InChI=1S/C10H12O3/c1-13-10-7-8(3-2-6-11)4-5-9(10)12/h2-5,7,11-12H,6H2,1H3/b3-2+/i2D,3D,6D2,7D. The second kappa shape index (κ2) is 4.52. The van der Waals surface area contributed by atoms with E-state index >= 15 is 0 Å². The molecule has 70 valence electrons. The largest absolute Gasteiger partial charge is 0.504 e. The van der Waals surface area contributed by atoms with Crippen LogP contribution in [-0.2, 0) is 0 Å².